The Labute approximate surface area is 128 Å². The summed E-state index contributed by atoms with van der Waals surface area (Å²) in [4.78, 5) is 0.396. The predicted molar refractivity (Wildman–Crippen MR) is 85.6 cm³/mol. The Kier molecular flexibility index (Phi) is 5.41. The van der Waals surface area contributed by atoms with Crippen LogP contribution in [0.4, 0.5) is 0 Å². The largest absolute Gasteiger partial charge is 0.313 e. The standard InChI is InChI=1S/C16H26N2O2S/c1-3-17-12-14-8-4-5-9-15(14)21(19,20)18-13-16(2)10-6-7-11-16/h4-5,8-9,17-18H,3,6-7,10-13H2,1-2H3. The van der Waals surface area contributed by atoms with Crippen molar-refractivity contribution in [3.63, 3.8) is 0 Å². The number of sulfonamides is 1. The summed E-state index contributed by atoms with van der Waals surface area (Å²) < 4.78 is 28.0. The Balaban J connectivity index is 2.11. The second-order valence-corrected chi connectivity index (χ2v) is 7.97. The number of benzene rings is 1. The van der Waals surface area contributed by atoms with Crippen LogP contribution in [0.15, 0.2) is 29.2 Å². The van der Waals surface area contributed by atoms with Crippen LogP contribution in [0, 0.1) is 5.41 Å². The summed E-state index contributed by atoms with van der Waals surface area (Å²) >= 11 is 0. The molecule has 118 valence electrons. The third-order valence-electron chi connectivity index (χ3n) is 4.33. The van der Waals surface area contributed by atoms with Gasteiger partial charge in [-0.2, -0.15) is 0 Å². The first-order valence-electron chi connectivity index (χ1n) is 7.75. The van der Waals surface area contributed by atoms with Gasteiger partial charge in [0.05, 0.1) is 4.90 Å². The first-order valence-corrected chi connectivity index (χ1v) is 9.23. The number of hydrogen-bond donors (Lipinski definition) is 2. The van der Waals surface area contributed by atoms with Gasteiger partial charge >= 0.3 is 0 Å². The van der Waals surface area contributed by atoms with Crippen molar-refractivity contribution in [2.75, 3.05) is 13.1 Å². The van der Waals surface area contributed by atoms with E-state index in [1.807, 2.05) is 19.1 Å². The predicted octanol–water partition coefficient (Wildman–Crippen LogP) is 2.65. The number of nitrogens with one attached hydrogen (secondary N) is 2. The van der Waals surface area contributed by atoms with Gasteiger partial charge in [-0.05, 0) is 36.4 Å². The molecule has 0 amide bonds. The monoisotopic (exact) mass is 310 g/mol. The molecule has 1 saturated carbocycles. The second-order valence-electron chi connectivity index (χ2n) is 6.23. The van der Waals surface area contributed by atoms with Gasteiger partial charge in [0.2, 0.25) is 10.0 Å². The van der Waals surface area contributed by atoms with Crippen molar-refractivity contribution in [2.45, 2.75) is 51.0 Å². The topological polar surface area (TPSA) is 58.2 Å². The van der Waals surface area contributed by atoms with Gasteiger partial charge in [0.15, 0.2) is 0 Å². The highest BCUT2D eigenvalue weighted by molar-refractivity contribution is 7.89. The molecule has 0 aromatic heterocycles. The minimum atomic E-state index is -3.44. The molecule has 0 unspecified atom stereocenters. The van der Waals surface area contributed by atoms with Gasteiger partial charge in [0, 0.05) is 13.1 Å². The van der Waals surface area contributed by atoms with E-state index in [1.54, 1.807) is 12.1 Å². The molecule has 1 aliphatic rings. The van der Waals surface area contributed by atoms with Crippen molar-refractivity contribution < 1.29 is 8.42 Å². The molecule has 0 spiro atoms. The normalized spacial score (nSPS) is 18.0. The van der Waals surface area contributed by atoms with E-state index in [0.29, 0.717) is 18.0 Å². The summed E-state index contributed by atoms with van der Waals surface area (Å²) in [6.07, 6.45) is 4.62. The SMILES string of the molecule is CCNCc1ccccc1S(=O)(=O)NCC1(C)CCCC1. The van der Waals surface area contributed by atoms with Crippen molar-refractivity contribution in [1.82, 2.24) is 10.0 Å². The molecular formula is C16H26N2O2S. The van der Waals surface area contributed by atoms with Gasteiger partial charge < -0.3 is 5.32 Å². The molecule has 0 heterocycles. The Hall–Kier alpha value is -0.910. The van der Waals surface area contributed by atoms with Crippen LogP contribution in [0.5, 0.6) is 0 Å². The van der Waals surface area contributed by atoms with Gasteiger partial charge in [-0.1, -0.05) is 44.9 Å². The first kappa shape index (κ1) is 16.5. The van der Waals surface area contributed by atoms with Crippen molar-refractivity contribution in [2.24, 2.45) is 5.41 Å². The van der Waals surface area contributed by atoms with Crippen LogP contribution in [0.1, 0.15) is 45.1 Å². The summed E-state index contributed by atoms with van der Waals surface area (Å²) in [7, 11) is -3.44. The highest BCUT2D eigenvalue weighted by Gasteiger charge is 2.30. The molecule has 0 bridgehead atoms. The summed E-state index contributed by atoms with van der Waals surface area (Å²) in [5.41, 5.74) is 0.937. The zero-order chi connectivity index (χ0) is 15.3. The van der Waals surface area contributed by atoms with E-state index in [1.165, 1.54) is 12.8 Å². The summed E-state index contributed by atoms with van der Waals surface area (Å²) in [5.74, 6) is 0. The molecule has 1 aromatic rings. The van der Waals surface area contributed by atoms with Crippen molar-refractivity contribution in [3.05, 3.63) is 29.8 Å². The molecule has 1 aromatic carbocycles. The number of rotatable bonds is 7. The van der Waals surface area contributed by atoms with Gasteiger partial charge in [-0.15, -0.1) is 0 Å². The maximum absolute atomic E-state index is 12.6. The van der Waals surface area contributed by atoms with E-state index in [0.717, 1.165) is 24.9 Å². The van der Waals surface area contributed by atoms with Crippen LogP contribution in [0.25, 0.3) is 0 Å². The molecule has 2 N–H and O–H groups in total. The molecule has 0 radical (unpaired) electrons. The van der Waals surface area contributed by atoms with Gasteiger partial charge in [0.25, 0.3) is 0 Å². The Morgan fingerprint density at radius 3 is 2.52 bits per heavy atom. The van der Waals surface area contributed by atoms with Crippen molar-refractivity contribution >= 4 is 10.0 Å². The lowest BCUT2D eigenvalue weighted by atomic mass is 9.89. The molecule has 5 heteroatoms. The summed E-state index contributed by atoms with van der Waals surface area (Å²) in [5, 5.41) is 3.19. The third-order valence-corrected chi connectivity index (χ3v) is 5.83. The average molecular weight is 310 g/mol. The number of hydrogen-bond acceptors (Lipinski definition) is 3. The molecule has 21 heavy (non-hydrogen) atoms. The molecule has 2 rings (SSSR count). The molecule has 0 atom stereocenters. The van der Waals surface area contributed by atoms with Crippen LogP contribution in [-0.2, 0) is 16.6 Å². The van der Waals surface area contributed by atoms with Crippen molar-refractivity contribution in [1.29, 1.82) is 0 Å². The first-order chi connectivity index (χ1) is 9.97. The van der Waals surface area contributed by atoms with Crippen LogP contribution in [0.3, 0.4) is 0 Å². The highest BCUT2D eigenvalue weighted by atomic mass is 32.2. The quantitative estimate of drug-likeness (QED) is 0.814. The van der Waals surface area contributed by atoms with Crippen LogP contribution in [0.2, 0.25) is 0 Å². The second kappa shape index (κ2) is 6.90. The van der Waals surface area contributed by atoms with E-state index >= 15 is 0 Å². The maximum Gasteiger partial charge on any atom is 0.240 e. The Morgan fingerprint density at radius 1 is 1.19 bits per heavy atom. The fourth-order valence-corrected chi connectivity index (χ4v) is 4.36. The van der Waals surface area contributed by atoms with Crippen LogP contribution in [-0.4, -0.2) is 21.5 Å². The lowest BCUT2D eigenvalue weighted by Crippen LogP contribution is -2.34. The zero-order valence-corrected chi connectivity index (χ0v) is 13.8. The zero-order valence-electron chi connectivity index (χ0n) is 13.0. The van der Waals surface area contributed by atoms with Gasteiger partial charge in [-0.3, -0.25) is 0 Å². The van der Waals surface area contributed by atoms with E-state index in [9.17, 15) is 8.42 Å². The molecular weight excluding hydrogens is 284 g/mol. The van der Waals surface area contributed by atoms with E-state index in [-0.39, 0.29) is 5.41 Å². The van der Waals surface area contributed by atoms with Crippen molar-refractivity contribution in [3.8, 4) is 0 Å². The molecule has 1 fully saturated rings. The molecule has 0 saturated heterocycles. The van der Waals surface area contributed by atoms with E-state index in [4.69, 9.17) is 0 Å². The molecule has 0 aliphatic heterocycles. The smallest absolute Gasteiger partial charge is 0.240 e. The van der Waals surface area contributed by atoms with Crippen LogP contribution < -0.4 is 10.0 Å². The van der Waals surface area contributed by atoms with Gasteiger partial charge in [0.1, 0.15) is 0 Å². The Bertz CT molecular complexity index is 563. The lowest BCUT2D eigenvalue weighted by molar-refractivity contribution is 0.336. The fraction of sp³-hybridized carbons (Fsp3) is 0.625. The highest BCUT2D eigenvalue weighted by Crippen LogP contribution is 2.37. The average Bonchev–Trinajstić information content (AvgIpc) is 2.91. The minimum absolute atomic E-state index is 0.115. The summed E-state index contributed by atoms with van der Waals surface area (Å²) in [6.45, 7) is 6.11. The fourth-order valence-electron chi connectivity index (χ4n) is 2.92. The third kappa shape index (κ3) is 4.28. The summed E-state index contributed by atoms with van der Waals surface area (Å²) in [6, 6.07) is 7.21. The molecule has 1 aliphatic carbocycles. The van der Waals surface area contributed by atoms with E-state index < -0.39 is 10.0 Å². The minimum Gasteiger partial charge on any atom is -0.313 e. The van der Waals surface area contributed by atoms with Crippen LogP contribution >= 0.6 is 0 Å². The molecule has 4 nitrogen and oxygen atoms in total. The van der Waals surface area contributed by atoms with E-state index in [2.05, 4.69) is 17.0 Å². The Morgan fingerprint density at radius 2 is 1.86 bits per heavy atom. The van der Waals surface area contributed by atoms with Gasteiger partial charge in [-0.25, -0.2) is 13.1 Å². The maximum atomic E-state index is 12.6. The lowest BCUT2D eigenvalue weighted by Gasteiger charge is -2.24.